The molecule has 4 aromatic rings. The fourth-order valence-corrected chi connectivity index (χ4v) is 5.12. The number of nitrogens with two attached hydrogens (primary N) is 1. The lowest BCUT2D eigenvalue weighted by molar-refractivity contribution is -0.119. The molecule has 0 radical (unpaired) electrons. The van der Waals surface area contributed by atoms with E-state index in [-0.39, 0.29) is 50.9 Å². The van der Waals surface area contributed by atoms with E-state index in [4.69, 9.17) is 43.4 Å². The van der Waals surface area contributed by atoms with Crippen LogP contribution in [0.4, 0.5) is 4.39 Å². The third kappa shape index (κ3) is 6.92. The highest BCUT2D eigenvalue weighted by atomic mass is 35.5. The van der Waals surface area contributed by atoms with Gasteiger partial charge < -0.3 is 14.9 Å². The van der Waals surface area contributed by atoms with Gasteiger partial charge in [-0.3, -0.25) is 4.79 Å². The summed E-state index contributed by atoms with van der Waals surface area (Å²) in [5, 5.41) is 17.3. The maximum absolute atomic E-state index is 15.4. The van der Waals surface area contributed by atoms with Crippen LogP contribution in [0.2, 0.25) is 10.0 Å². The number of benzene rings is 3. The zero-order chi connectivity index (χ0) is 28.3. The van der Waals surface area contributed by atoms with Gasteiger partial charge in [0.05, 0.1) is 34.7 Å². The minimum atomic E-state index is -3.49. The van der Waals surface area contributed by atoms with Gasteiger partial charge in [0, 0.05) is 22.4 Å². The first kappa shape index (κ1) is 28.0. The highest BCUT2D eigenvalue weighted by Gasteiger charge is 2.24. The molecule has 4 rings (SSSR count). The summed E-state index contributed by atoms with van der Waals surface area (Å²) in [5.41, 5.74) is 6.59. The molecular weight excluding hydrogens is 570 g/mol. The summed E-state index contributed by atoms with van der Waals surface area (Å²) in [6.45, 7) is 0. The normalized spacial score (nSPS) is 12.1. The largest absolute Gasteiger partial charge is 0.453 e. The molecule has 1 heterocycles. The second-order valence-corrected chi connectivity index (χ2v) is 11.6. The van der Waals surface area contributed by atoms with Crippen LogP contribution in [0.25, 0.3) is 11.5 Å². The van der Waals surface area contributed by atoms with Gasteiger partial charge in [-0.1, -0.05) is 41.4 Å². The van der Waals surface area contributed by atoms with Crippen LogP contribution in [0.5, 0.6) is 11.5 Å². The maximum atomic E-state index is 15.4. The van der Waals surface area contributed by atoms with E-state index < -0.39 is 33.2 Å². The molecule has 9 nitrogen and oxygen atoms in total. The molecule has 0 aliphatic rings. The predicted molar refractivity (Wildman–Crippen MR) is 142 cm³/mol. The summed E-state index contributed by atoms with van der Waals surface area (Å²) in [4.78, 5) is 11.9. The van der Waals surface area contributed by atoms with E-state index >= 15 is 4.39 Å². The van der Waals surface area contributed by atoms with Gasteiger partial charge in [-0.2, -0.15) is 5.26 Å². The number of primary amides is 1. The first-order valence-electron chi connectivity index (χ1n) is 11.2. The van der Waals surface area contributed by atoms with Crippen molar-refractivity contribution in [3.05, 3.63) is 93.0 Å². The summed E-state index contributed by atoms with van der Waals surface area (Å²) < 4.78 is 50.2. The maximum Gasteiger partial charge on any atom is 0.247 e. The number of hydrogen-bond donors (Lipinski definition) is 1. The summed E-state index contributed by atoms with van der Waals surface area (Å²) >= 11 is 12.2. The van der Waals surface area contributed by atoms with Crippen LogP contribution in [0, 0.1) is 17.1 Å². The highest BCUT2D eigenvalue weighted by Crippen LogP contribution is 2.36. The number of carbonyl (C=O) groups is 1. The van der Waals surface area contributed by atoms with E-state index in [0.29, 0.717) is 11.1 Å². The average Bonchev–Trinajstić information content (AvgIpc) is 3.34. The molecule has 1 aromatic heterocycles. The topological polar surface area (TPSA) is 149 Å². The van der Waals surface area contributed by atoms with Gasteiger partial charge in [0.25, 0.3) is 0 Å². The highest BCUT2D eigenvalue weighted by molar-refractivity contribution is 7.90. The molecule has 0 bridgehead atoms. The SMILES string of the molecule is CS(=O)(=O)CC(C(N)=O)c1cccc(-c2nnc(Cc3ccc(Cl)c(Oc4cc(Cl)cc(C#N)c4)c3F)o2)c1. The molecule has 1 unspecified atom stereocenters. The van der Waals surface area contributed by atoms with E-state index in [9.17, 15) is 13.2 Å². The molecule has 0 aliphatic carbocycles. The van der Waals surface area contributed by atoms with Crippen molar-refractivity contribution in [2.75, 3.05) is 12.0 Å². The molecule has 200 valence electrons. The average molecular weight is 589 g/mol. The lowest BCUT2D eigenvalue weighted by Gasteiger charge is -2.13. The number of sulfone groups is 1. The first-order valence-corrected chi connectivity index (χ1v) is 14.0. The third-order valence-corrected chi connectivity index (χ3v) is 6.96. The van der Waals surface area contributed by atoms with Gasteiger partial charge in [0.15, 0.2) is 11.6 Å². The molecule has 13 heteroatoms. The quantitative estimate of drug-likeness (QED) is 0.285. The molecule has 0 aliphatic heterocycles. The molecular formula is C26H19Cl2FN4O5S. The predicted octanol–water partition coefficient (Wildman–Crippen LogP) is 5.05. The summed E-state index contributed by atoms with van der Waals surface area (Å²) in [5.74, 6) is -3.07. The van der Waals surface area contributed by atoms with Crippen LogP contribution in [-0.4, -0.2) is 36.5 Å². The van der Waals surface area contributed by atoms with Crippen molar-refractivity contribution in [1.29, 1.82) is 5.26 Å². The minimum absolute atomic E-state index is 0.00383. The number of carbonyl (C=O) groups excluding carboxylic acids is 1. The van der Waals surface area contributed by atoms with Crippen LogP contribution >= 0.6 is 23.2 Å². The van der Waals surface area contributed by atoms with Gasteiger partial charge in [-0.05, 0) is 42.0 Å². The molecule has 1 amide bonds. The fourth-order valence-electron chi connectivity index (χ4n) is 3.75. The number of nitrogens with zero attached hydrogens (tertiary/aromatic N) is 3. The lowest BCUT2D eigenvalue weighted by Crippen LogP contribution is -2.27. The Bertz CT molecular complexity index is 1720. The van der Waals surface area contributed by atoms with Gasteiger partial charge in [-0.25, -0.2) is 12.8 Å². The Morgan fingerprint density at radius 3 is 2.64 bits per heavy atom. The van der Waals surface area contributed by atoms with Crippen LogP contribution in [-0.2, 0) is 21.1 Å². The van der Waals surface area contributed by atoms with Crippen molar-refractivity contribution in [2.24, 2.45) is 5.73 Å². The van der Waals surface area contributed by atoms with Crippen LogP contribution in [0.1, 0.15) is 28.5 Å². The van der Waals surface area contributed by atoms with Gasteiger partial charge in [0.1, 0.15) is 15.6 Å². The van der Waals surface area contributed by atoms with E-state index in [1.165, 1.54) is 36.4 Å². The minimum Gasteiger partial charge on any atom is -0.453 e. The standard InChI is InChI=1S/C26H19Cl2FN4O5S/c1-39(35,36)13-20(25(31)34)15-3-2-4-17(9-15)26-33-32-22(38-26)10-16-5-6-21(28)24(23(16)29)37-19-8-14(12-30)7-18(27)11-19/h2-9,11,20H,10,13H2,1H3,(H2,31,34). The molecule has 0 spiro atoms. The van der Waals surface area contributed by atoms with Gasteiger partial charge in [-0.15, -0.1) is 10.2 Å². The smallest absolute Gasteiger partial charge is 0.247 e. The number of aromatic nitrogens is 2. The molecule has 2 N–H and O–H groups in total. The number of ether oxygens (including phenoxy) is 1. The molecule has 0 saturated heterocycles. The third-order valence-electron chi connectivity index (χ3n) is 5.51. The monoisotopic (exact) mass is 588 g/mol. The summed E-state index contributed by atoms with van der Waals surface area (Å²) in [6.07, 6.45) is 0.908. The zero-order valence-corrected chi connectivity index (χ0v) is 22.5. The summed E-state index contributed by atoms with van der Waals surface area (Å²) in [7, 11) is -3.49. The molecule has 3 aromatic carbocycles. The second-order valence-electron chi connectivity index (χ2n) is 8.59. The van der Waals surface area contributed by atoms with Crippen LogP contribution < -0.4 is 10.5 Å². The first-order chi connectivity index (χ1) is 18.4. The van der Waals surface area contributed by atoms with Crippen LogP contribution in [0.3, 0.4) is 0 Å². The zero-order valence-electron chi connectivity index (χ0n) is 20.2. The number of rotatable bonds is 9. The van der Waals surface area contributed by atoms with Crippen molar-refractivity contribution in [2.45, 2.75) is 12.3 Å². The Kier molecular flexibility index (Phi) is 8.20. The second kappa shape index (κ2) is 11.4. The van der Waals surface area contributed by atoms with Gasteiger partial charge in [0.2, 0.25) is 17.7 Å². The van der Waals surface area contributed by atoms with Crippen molar-refractivity contribution >= 4 is 38.9 Å². The molecule has 39 heavy (non-hydrogen) atoms. The number of halogens is 3. The van der Waals surface area contributed by atoms with E-state index in [1.54, 1.807) is 18.2 Å². The Balaban J connectivity index is 1.59. The molecule has 0 fully saturated rings. The number of nitriles is 1. The Labute approximate surface area is 232 Å². The Morgan fingerprint density at radius 2 is 1.95 bits per heavy atom. The molecule has 0 saturated carbocycles. The number of amides is 1. The van der Waals surface area contributed by atoms with Crippen molar-refractivity contribution in [1.82, 2.24) is 10.2 Å². The summed E-state index contributed by atoms with van der Waals surface area (Å²) in [6, 6.07) is 15.4. The van der Waals surface area contributed by atoms with E-state index in [2.05, 4.69) is 10.2 Å². The Morgan fingerprint density at radius 1 is 1.18 bits per heavy atom. The molecule has 1 atom stereocenters. The number of hydrogen-bond acceptors (Lipinski definition) is 8. The Hall–Kier alpha value is -3.98. The van der Waals surface area contributed by atoms with Crippen LogP contribution in [0.15, 0.2) is 59.0 Å². The van der Waals surface area contributed by atoms with E-state index in [1.807, 2.05) is 6.07 Å². The van der Waals surface area contributed by atoms with Gasteiger partial charge >= 0.3 is 0 Å². The fraction of sp³-hybridized carbons (Fsp3) is 0.154. The van der Waals surface area contributed by atoms with Crippen molar-refractivity contribution < 1.29 is 26.8 Å². The van der Waals surface area contributed by atoms with Crippen molar-refractivity contribution in [3.8, 4) is 29.0 Å². The van der Waals surface area contributed by atoms with Crippen molar-refractivity contribution in [3.63, 3.8) is 0 Å². The van der Waals surface area contributed by atoms with E-state index in [0.717, 1.165) is 6.26 Å². The lowest BCUT2D eigenvalue weighted by atomic mass is 9.98.